The highest BCUT2D eigenvalue weighted by Crippen LogP contribution is 2.42. The lowest BCUT2D eigenvalue weighted by atomic mass is 10.2. The number of benzene rings is 2. The molecular weight excluding hydrogens is 454 g/mol. The number of methoxy groups -OCH3 is 4. The summed E-state index contributed by atoms with van der Waals surface area (Å²) in [5.41, 5.74) is 2.63. The minimum absolute atomic E-state index is 0.0129. The van der Waals surface area contributed by atoms with Crippen LogP contribution < -0.4 is 23.8 Å². The molecule has 0 N–H and O–H groups in total. The van der Waals surface area contributed by atoms with Crippen LogP contribution in [0, 0.1) is 6.92 Å². The largest absolute Gasteiger partial charge is 0.497 e. The third kappa shape index (κ3) is 4.61. The van der Waals surface area contributed by atoms with Crippen LogP contribution >= 0.6 is 11.3 Å². The number of thiazole rings is 1. The zero-order valence-corrected chi connectivity index (χ0v) is 20.9. The number of hydrogen-bond donors (Lipinski definition) is 0. The van der Waals surface area contributed by atoms with Crippen molar-refractivity contribution in [2.24, 2.45) is 0 Å². The van der Waals surface area contributed by atoms with Gasteiger partial charge in [-0.15, -0.1) is 11.3 Å². The van der Waals surface area contributed by atoms with Crippen molar-refractivity contribution >= 4 is 22.9 Å². The summed E-state index contributed by atoms with van der Waals surface area (Å²) in [6, 6.07) is 11.7. The number of piperazine rings is 1. The molecule has 0 saturated carbocycles. The molecule has 0 bridgehead atoms. The third-order valence-electron chi connectivity index (χ3n) is 5.89. The zero-order chi connectivity index (χ0) is 24.2. The number of hydrogen-bond acceptors (Lipinski definition) is 8. The first-order valence-electron chi connectivity index (χ1n) is 10.9. The van der Waals surface area contributed by atoms with Crippen LogP contribution in [0.1, 0.15) is 15.4 Å². The Hall–Kier alpha value is -3.46. The van der Waals surface area contributed by atoms with Crippen LogP contribution in [-0.4, -0.2) is 70.4 Å². The van der Waals surface area contributed by atoms with Crippen molar-refractivity contribution in [1.82, 2.24) is 9.88 Å². The van der Waals surface area contributed by atoms with Gasteiger partial charge in [0.25, 0.3) is 5.91 Å². The summed E-state index contributed by atoms with van der Waals surface area (Å²) in [6.45, 7) is 4.69. The summed E-state index contributed by atoms with van der Waals surface area (Å²) < 4.78 is 21.7. The Morgan fingerprint density at radius 3 is 2.18 bits per heavy atom. The minimum Gasteiger partial charge on any atom is -0.497 e. The van der Waals surface area contributed by atoms with E-state index in [1.807, 2.05) is 42.2 Å². The van der Waals surface area contributed by atoms with Gasteiger partial charge in [-0.05, 0) is 31.2 Å². The number of nitrogens with zero attached hydrogens (tertiary/aromatic N) is 3. The van der Waals surface area contributed by atoms with Gasteiger partial charge in [-0.3, -0.25) is 4.79 Å². The topological polar surface area (TPSA) is 73.4 Å². The van der Waals surface area contributed by atoms with Crippen LogP contribution in [0.25, 0.3) is 10.6 Å². The van der Waals surface area contributed by atoms with Crippen LogP contribution in [0.5, 0.6) is 23.0 Å². The zero-order valence-electron chi connectivity index (χ0n) is 20.1. The Bertz CT molecular complexity index is 1150. The first-order valence-corrected chi connectivity index (χ1v) is 11.8. The second-order valence-electron chi connectivity index (χ2n) is 7.83. The molecule has 2 aromatic carbocycles. The van der Waals surface area contributed by atoms with Gasteiger partial charge in [-0.1, -0.05) is 6.07 Å². The second kappa shape index (κ2) is 10.2. The van der Waals surface area contributed by atoms with E-state index < -0.39 is 0 Å². The Kier molecular flexibility index (Phi) is 7.12. The molecule has 0 radical (unpaired) electrons. The van der Waals surface area contributed by atoms with Gasteiger partial charge in [0.2, 0.25) is 5.75 Å². The van der Waals surface area contributed by atoms with Crippen molar-refractivity contribution in [2.45, 2.75) is 6.92 Å². The molecule has 1 fully saturated rings. The summed E-state index contributed by atoms with van der Waals surface area (Å²) in [6.07, 6.45) is 0. The summed E-state index contributed by atoms with van der Waals surface area (Å²) >= 11 is 1.38. The highest BCUT2D eigenvalue weighted by molar-refractivity contribution is 7.17. The highest BCUT2D eigenvalue weighted by Gasteiger charge is 2.26. The number of aryl methyl sites for hydroxylation is 1. The van der Waals surface area contributed by atoms with Crippen LogP contribution in [0.3, 0.4) is 0 Å². The fraction of sp³-hybridized carbons (Fsp3) is 0.360. The molecule has 0 spiro atoms. The predicted molar refractivity (Wildman–Crippen MR) is 133 cm³/mol. The average molecular weight is 484 g/mol. The first-order chi connectivity index (χ1) is 16.5. The maximum Gasteiger partial charge on any atom is 0.265 e. The van der Waals surface area contributed by atoms with Gasteiger partial charge in [0.1, 0.15) is 15.6 Å². The lowest BCUT2D eigenvalue weighted by Gasteiger charge is -2.36. The lowest BCUT2D eigenvalue weighted by molar-refractivity contribution is 0.0750. The molecule has 0 atom stereocenters. The fourth-order valence-electron chi connectivity index (χ4n) is 4.04. The molecule has 0 unspecified atom stereocenters. The summed E-state index contributed by atoms with van der Waals surface area (Å²) in [4.78, 5) is 22.8. The van der Waals surface area contributed by atoms with Crippen molar-refractivity contribution in [1.29, 1.82) is 0 Å². The normalized spacial score (nSPS) is 13.6. The Labute approximate surface area is 203 Å². The molecule has 34 heavy (non-hydrogen) atoms. The smallest absolute Gasteiger partial charge is 0.265 e. The number of amides is 1. The molecule has 1 aliphatic heterocycles. The molecule has 3 aromatic rings. The van der Waals surface area contributed by atoms with Gasteiger partial charge in [-0.25, -0.2) is 4.98 Å². The number of carbonyl (C=O) groups excluding carboxylic acids is 1. The monoisotopic (exact) mass is 483 g/mol. The van der Waals surface area contributed by atoms with Crippen molar-refractivity contribution in [3.8, 4) is 33.6 Å². The van der Waals surface area contributed by atoms with E-state index >= 15 is 0 Å². The Morgan fingerprint density at radius 1 is 0.912 bits per heavy atom. The first kappa shape index (κ1) is 23.7. The maximum atomic E-state index is 13.3. The number of carbonyl (C=O) groups is 1. The average Bonchev–Trinajstić information content (AvgIpc) is 3.28. The van der Waals surface area contributed by atoms with E-state index in [1.54, 1.807) is 28.4 Å². The van der Waals surface area contributed by atoms with E-state index in [0.717, 1.165) is 35.1 Å². The lowest BCUT2D eigenvalue weighted by Crippen LogP contribution is -2.48. The van der Waals surface area contributed by atoms with E-state index in [-0.39, 0.29) is 5.91 Å². The van der Waals surface area contributed by atoms with Gasteiger partial charge in [0, 0.05) is 43.5 Å². The van der Waals surface area contributed by atoms with Gasteiger partial charge < -0.3 is 28.7 Å². The van der Waals surface area contributed by atoms with E-state index in [2.05, 4.69) is 16.0 Å². The van der Waals surface area contributed by atoms with Gasteiger partial charge >= 0.3 is 0 Å². The van der Waals surface area contributed by atoms with Crippen LogP contribution in [0.2, 0.25) is 0 Å². The molecule has 1 aliphatic rings. The van der Waals surface area contributed by atoms with Gasteiger partial charge in [0.15, 0.2) is 11.5 Å². The number of ether oxygens (including phenoxy) is 4. The standard InChI is InChI=1S/C25H29N3O5S/c1-16-23(34-24(26-16)17-13-20(31-3)22(33-5)21(14-17)32-4)25(29)28-11-9-27(10-12-28)18-7-6-8-19(15-18)30-2/h6-8,13-15H,9-12H2,1-5H3. The SMILES string of the molecule is COc1cccc(N2CCN(C(=O)c3sc(-c4cc(OC)c(OC)c(OC)c4)nc3C)CC2)c1. The molecule has 1 saturated heterocycles. The number of aromatic nitrogens is 1. The van der Waals surface area contributed by atoms with Crippen molar-refractivity contribution in [2.75, 3.05) is 59.5 Å². The van der Waals surface area contributed by atoms with Crippen LogP contribution in [0.15, 0.2) is 36.4 Å². The Morgan fingerprint density at radius 2 is 1.59 bits per heavy atom. The molecular formula is C25H29N3O5S. The molecule has 1 amide bonds. The third-order valence-corrected chi connectivity index (χ3v) is 7.08. The maximum absolute atomic E-state index is 13.3. The second-order valence-corrected chi connectivity index (χ2v) is 8.83. The van der Waals surface area contributed by atoms with Crippen molar-refractivity contribution in [3.05, 3.63) is 47.0 Å². The summed E-state index contributed by atoms with van der Waals surface area (Å²) in [5, 5.41) is 0.732. The highest BCUT2D eigenvalue weighted by atomic mass is 32.1. The molecule has 9 heteroatoms. The van der Waals surface area contributed by atoms with Crippen LogP contribution in [-0.2, 0) is 0 Å². The number of anilines is 1. The number of rotatable bonds is 7. The van der Waals surface area contributed by atoms with Gasteiger partial charge in [0.05, 0.1) is 34.1 Å². The molecule has 180 valence electrons. The molecule has 2 heterocycles. The van der Waals surface area contributed by atoms with Crippen molar-refractivity contribution < 1.29 is 23.7 Å². The molecule has 4 rings (SSSR count). The van der Waals surface area contributed by atoms with E-state index in [4.69, 9.17) is 18.9 Å². The summed E-state index contributed by atoms with van der Waals surface area (Å²) in [5.74, 6) is 2.46. The van der Waals surface area contributed by atoms with Gasteiger partial charge in [-0.2, -0.15) is 0 Å². The molecule has 1 aromatic heterocycles. The minimum atomic E-state index is 0.0129. The van der Waals surface area contributed by atoms with E-state index in [1.165, 1.54) is 11.3 Å². The predicted octanol–water partition coefficient (Wildman–Crippen LogP) is 4.12. The summed E-state index contributed by atoms with van der Waals surface area (Å²) in [7, 11) is 6.39. The molecule has 8 nitrogen and oxygen atoms in total. The fourth-order valence-corrected chi connectivity index (χ4v) is 5.06. The van der Waals surface area contributed by atoms with E-state index in [9.17, 15) is 4.79 Å². The quantitative estimate of drug-likeness (QED) is 0.501. The molecule has 0 aliphatic carbocycles. The van der Waals surface area contributed by atoms with E-state index in [0.29, 0.717) is 40.9 Å². The van der Waals surface area contributed by atoms with Crippen molar-refractivity contribution in [3.63, 3.8) is 0 Å². The Balaban J connectivity index is 1.51. The van der Waals surface area contributed by atoms with Crippen LogP contribution in [0.4, 0.5) is 5.69 Å².